The molecule has 90 valence electrons. The molecule has 0 aromatic carbocycles. The zero-order valence-corrected chi connectivity index (χ0v) is 10.3. The van der Waals surface area contributed by atoms with Crippen LogP contribution in [0.3, 0.4) is 0 Å². The maximum absolute atomic E-state index is 5.97. The standard InChI is InChI=1S/C12H15N3OS/c13-12-6-11(9-3-5-17-8-9)14-15(12)7-10-2-1-4-16-10/h3,5-6,8,10H,1-2,4,7,13H2/t10-/m0/s1. The zero-order chi connectivity index (χ0) is 11.7. The van der Waals surface area contributed by atoms with Gasteiger partial charge in [-0.05, 0) is 24.3 Å². The normalized spacial score (nSPS) is 19.9. The summed E-state index contributed by atoms with van der Waals surface area (Å²) >= 11 is 1.67. The molecular weight excluding hydrogens is 234 g/mol. The summed E-state index contributed by atoms with van der Waals surface area (Å²) in [6.07, 6.45) is 2.52. The Morgan fingerprint density at radius 1 is 1.59 bits per heavy atom. The number of nitrogens with zero attached hydrogens (tertiary/aromatic N) is 2. The van der Waals surface area contributed by atoms with Crippen LogP contribution in [0.4, 0.5) is 5.82 Å². The monoisotopic (exact) mass is 249 g/mol. The lowest BCUT2D eigenvalue weighted by atomic mass is 10.2. The van der Waals surface area contributed by atoms with Crippen molar-refractivity contribution in [2.75, 3.05) is 12.3 Å². The third-order valence-electron chi connectivity index (χ3n) is 3.03. The van der Waals surface area contributed by atoms with Gasteiger partial charge in [-0.1, -0.05) is 0 Å². The van der Waals surface area contributed by atoms with Gasteiger partial charge in [0.15, 0.2) is 0 Å². The Kier molecular flexibility index (Phi) is 2.86. The fraction of sp³-hybridized carbons (Fsp3) is 0.417. The van der Waals surface area contributed by atoms with Crippen LogP contribution in [-0.4, -0.2) is 22.5 Å². The summed E-state index contributed by atoms with van der Waals surface area (Å²) in [5.74, 6) is 0.710. The maximum atomic E-state index is 5.97. The number of hydrogen-bond acceptors (Lipinski definition) is 4. The number of hydrogen-bond donors (Lipinski definition) is 1. The molecule has 0 amide bonds. The molecule has 1 aliphatic heterocycles. The predicted octanol–water partition coefficient (Wildman–Crippen LogP) is 2.37. The van der Waals surface area contributed by atoms with E-state index in [1.165, 1.54) is 0 Å². The van der Waals surface area contributed by atoms with Gasteiger partial charge < -0.3 is 10.5 Å². The van der Waals surface area contributed by atoms with Crippen molar-refractivity contribution in [1.29, 1.82) is 0 Å². The van der Waals surface area contributed by atoms with Crippen LogP contribution in [0.25, 0.3) is 11.3 Å². The minimum absolute atomic E-state index is 0.271. The van der Waals surface area contributed by atoms with Crippen LogP contribution in [0.5, 0.6) is 0 Å². The summed E-state index contributed by atoms with van der Waals surface area (Å²) < 4.78 is 7.45. The molecule has 3 heterocycles. The van der Waals surface area contributed by atoms with E-state index in [1.807, 2.05) is 16.1 Å². The Morgan fingerprint density at radius 2 is 2.53 bits per heavy atom. The average molecular weight is 249 g/mol. The number of nitrogens with two attached hydrogens (primary N) is 1. The highest BCUT2D eigenvalue weighted by molar-refractivity contribution is 7.08. The van der Waals surface area contributed by atoms with Crippen LogP contribution in [0.15, 0.2) is 22.9 Å². The first-order valence-electron chi connectivity index (χ1n) is 5.80. The van der Waals surface area contributed by atoms with Gasteiger partial charge in [-0.2, -0.15) is 16.4 Å². The molecule has 0 unspecified atom stereocenters. The summed E-state index contributed by atoms with van der Waals surface area (Å²) in [6.45, 7) is 1.62. The molecule has 0 radical (unpaired) electrons. The number of aromatic nitrogens is 2. The molecule has 3 rings (SSSR count). The van der Waals surface area contributed by atoms with Crippen LogP contribution in [0, 0.1) is 0 Å². The van der Waals surface area contributed by atoms with Gasteiger partial charge in [-0.25, -0.2) is 4.68 Å². The second-order valence-electron chi connectivity index (χ2n) is 4.28. The highest BCUT2D eigenvalue weighted by Crippen LogP contribution is 2.24. The molecule has 0 spiro atoms. The fourth-order valence-electron chi connectivity index (χ4n) is 2.11. The van der Waals surface area contributed by atoms with E-state index in [4.69, 9.17) is 10.5 Å². The van der Waals surface area contributed by atoms with Crippen molar-refractivity contribution in [2.24, 2.45) is 0 Å². The van der Waals surface area contributed by atoms with Crippen molar-refractivity contribution in [1.82, 2.24) is 9.78 Å². The Labute approximate surface area is 104 Å². The largest absolute Gasteiger partial charge is 0.384 e. The highest BCUT2D eigenvalue weighted by atomic mass is 32.1. The van der Waals surface area contributed by atoms with E-state index in [2.05, 4.69) is 16.5 Å². The molecule has 2 N–H and O–H groups in total. The van der Waals surface area contributed by atoms with E-state index in [-0.39, 0.29) is 6.10 Å². The molecule has 0 aliphatic carbocycles. The van der Waals surface area contributed by atoms with Gasteiger partial charge in [-0.15, -0.1) is 0 Å². The third-order valence-corrected chi connectivity index (χ3v) is 3.71. The smallest absolute Gasteiger partial charge is 0.122 e. The topological polar surface area (TPSA) is 53.1 Å². The number of rotatable bonds is 3. The second kappa shape index (κ2) is 4.50. The number of ether oxygens (including phenoxy) is 1. The van der Waals surface area contributed by atoms with Gasteiger partial charge >= 0.3 is 0 Å². The first kappa shape index (κ1) is 10.8. The fourth-order valence-corrected chi connectivity index (χ4v) is 2.76. The third kappa shape index (κ3) is 2.21. The van der Waals surface area contributed by atoms with Gasteiger partial charge in [0.2, 0.25) is 0 Å². The summed E-state index contributed by atoms with van der Waals surface area (Å²) in [4.78, 5) is 0. The van der Waals surface area contributed by atoms with Crippen LogP contribution in [0.1, 0.15) is 12.8 Å². The van der Waals surface area contributed by atoms with E-state index < -0.39 is 0 Å². The predicted molar refractivity (Wildman–Crippen MR) is 68.9 cm³/mol. The molecule has 0 saturated carbocycles. The quantitative estimate of drug-likeness (QED) is 0.908. The van der Waals surface area contributed by atoms with Gasteiger partial charge in [-0.3, -0.25) is 0 Å². The first-order chi connectivity index (χ1) is 8.33. The summed E-state index contributed by atoms with van der Waals surface area (Å²) in [5.41, 5.74) is 8.05. The lowest BCUT2D eigenvalue weighted by Crippen LogP contribution is -2.17. The highest BCUT2D eigenvalue weighted by Gasteiger charge is 2.18. The van der Waals surface area contributed by atoms with Crippen molar-refractivity contribution in [2.45, 2.75) is 25.5 Å². The van der Waals surface area contributed by atoms with Crippen LogP contribution < -0.4 is 5.73 Å². The van der Waals surface area contributed by atoms with Crippen molar-refractivity contribution < 1.29 is 4.74 Å². The average Bonchev–Trinajstić information content (AvgIpc) is 3.02. The molecular formula is C12H15N3OS. The van der Waals surface area contributed by atoms with Gasteiger partial charge in [0.1, 0.15) is 5.82 Å². The Hall–Kier alpha value is -1.33. The molecule has 0 bridgehead atoms. The number of anilines is 1. The lowest BCUT2D eigenvalue weighted by Gasteiger charge is -2.10. The van der Waals surface area contributed by atoms with Gasteiger partial charge in [0.25, 0.3) is 0 Å². The van der Waals surface area contributed by atoms with E-state index in [0.29, 0.717) is 5.82 Å². The van der Waals surface area contributed by atoms with Gasteiger partial charge in [0.05, 0.1) is 18.3 Å². The molecule has 1 saturated heterocycles. The zero-order valence-electron chi connectivity index (χ0n) is 9.50. The van der Waals surface area contributed by atoms with Crippen molar-refractivity contribution >= 4 is 17.2 Å². The van der Waals surface area contributed by atoms with E-state index in [0.717, 1.165) is 37.3 Å². The molecule has 2 aromatic heterocycles. The van der Waals surface area contributed by atoms with E-state index in [1.54, 1.807) is 11.3 Å². The number of thiophene rings is 1. The Morgan fingerprint density at radius 3 is 3.24 bits per heavy atom. The van der Waals surface area contributed by atoms with E-state index in [9.17, 15) is 0 Å². The molecule has 5 heteroatoms. The van der Waals surface area contributed by atoms with Crippen molar-refractivity contribution in [3.05, 3.63) is 22.9 Å². The van der Waals surface area contributed by atoms with Crippen LogP contribution >= 0.6 is 11.3 Å². The maximum Gasteiger partial charge on any atom is 0.122 e. The van der Waals surface area contributed by atoms with E-state index >= 15 is 0 Å². The summed E-state index contributed by atoms with van der Waals surface area (Å²) in [7, 11) is 0. The summed E-state index contributed by atoms with van der Waals surface area (Å²) in [6, 6.07) is 3.99. The molecule has 1 fully saturated rings. The van der Waals surface area contributed by atoms with Gasteiger partial charge in [0, 0.05) is 23.6 Å². The SMILES string of the molecule is Nc1cc(-c2ccsc2)nn1C[C@@H]1CCCO1. The minimum atomic E-state index is 0.271. The second-order valence-corrected chi connectivity index (χ2v) is 5.06. The molecule has 17 heavy (non-hydrogen) atoms. The minimum Gasteiger partial charge on any atom is -0.384 e. The molecule has 2 aromatic rings. The summed E-state index contributed by atoms with van der Waals surface area (Å²) in [5, 5.41) is 8.66. The molecule has 4 nitrogen and oxygen atoms in total. The first-order valence-corrected chi connectivity index (χ1v) is 6.75. The molecule has 1 atom stereocenters. The van der Waals surface area contributed by atoms with Crippen LogP contribution in [-0.2, 0) is 11.3 Å². The number of nitrogen functional groups attached to an aromatic ring is 1. The Bertz CT molecular complexity index is 486. The lowest BCUT2D eigenvalue weighted by molar-refractivity contribution is 0.0946. The van der Waals surface area contributed by atoms with Crippen molar-refractivity contribution in [3.8, 4) is 11.3 Å². The van der Waals surface area contributed by atoms with Crippen molar-refractivity contribution in [3.63, 3.8) is 0 Å². The van der Waals surface area contributed by atoms with Crippen LogP contribution in [0.2, 0.25) is 0 Å². The Balaban J connectivity index is 1.80. The molecule has 1 aliphatic rings.